The highest BCUT2D eigenvalue weighted by Crippen LogP contribution is 2.39. The van der Waals surface area contributed by atoms with Crippen LogP contribution in [0, 0.1) is 0 Å². The molecule has 0 bridgehead atoms. The first-order valence-corrected chi connectivity index (χ1v) is 13.1. The first-order chi connectivity index (χ1) is 20.5. The number of hydrogen-bond donors (Lipinski definition) is 9. The molecule has 10 atom stereocenters. The Kier molecular flexibility index (Phi) is 10.6. The van der Waals surface area contributed by atoms with E-state index >= 15 is 0 Å². The quantitative estimate of drug-likeness (QED) is 0.122. The van der Waals surface area contributed by atoms with Gasteiger partial charge >= 0.3 is 5.97 Å². The van der Waals surface area contributed by atoms with E-state index in [1.54, 1.807) is 12.1 Å². The number of esters is 1. The molecule has 238 valence electrons. The lowest BCUT2D eigenvalue weighted by Gasteiger charge is -2.39. The number of aliphatic hydroxyl groups excluding tert-OH is 8. The minimum Gasteiger partial charge on any atom is -0.507 e. The number of ether oxygens (including phenoxy) is 6. The minimum atomic E-state index is -1.76. The number of para-hydroxylation sites is 1. The average molecular weight is 615 g/mol. The van der Waals surface area contributed by atoms with Gasteiger partial charge in [0.25, 0.3) is 0 Å². The molecule has 2 saturated heterocycles. The molecule has 16 heteroatoms. The first kappa shape index (κ1) is 32.6. The van der Waals surface area contributed by atoms with Gasteiger partial charge in [-0.3, -0.25) is 0 Å². The Morgan fingerprint density at radius 2 is 1.28 bits per heavy atom. The minimum absolute atomic E-state index is 0.0653. The molecule has 0 aromatic heterocycles. The molecule has 16 nitrogen and oxygen atoms in total. The standard InChI is InChI=1S/C27H34O16/c1-38-24-14(41-27-23(36)21(34)19(32)16(9-29)43-27)7-6-12(30)17(24)25(37)39-10-11-4-2-3-5-13(11)40-26-22(35)20(33)18(31)15(8-28)42-26/h2-7,15-16,18-23,26-36H,8-10H2,1H3/t15-,16-,18-,19+,20+,21+,22-,23+,26-,27-/m1/s1. The van der Waals surface area contributed by atoms with Gasteiger partial charge in [0.05, 0.1) is 20.3 Å². The maximum Gasteiger partial charge on any atom is 0.346 e. The van der Waals surface area contributed by atoms with E-state index in [4.69, 9.17) is 28.4 Å². The average Bonchev–Trinajstić information content (AvgIpc) is 3.01. The molecule has 43 heavy (non-hydrogen) atoms. The van der Waals surface area contributed by atoms with E-state index in [1.165, 1.54) is 18.2 Å². The van der Waals surface area contributed by atoms with Crippen LogP contribution in [0.2, 0.25) is 0 Å². The van der Waals surface area contributed by atoms with Gasteiger partial charge in [-0.25, -0.2) is 4.79 Å². The molecule has 9 N–H and O–H groups in total. The van der Waals surface area contributed by atoms with Crippen LogP contribution in [0.4, 0.5) is 0 Å². The molecule has 2 aliphatic rings. The van der Waals surface area contributed by atoms with Crippen molar-refractivity contribution >= 4 is 5.97 Å². The van der Waals surface area contributed by atoms with E-state index in [1.807, 2.05) is 0 Å². The Hall–Kier alpha value is -3.29. The number of rotatable bonds is 10. The Labute approximate surface area is 244 Å². The number of aromatic hydroxyl groups is 1. The van der Waals surface area contributed by atoms with Crippen LogP contribution >= 0.6 is 0 Å². The summed E-state index contributed by atoms with van der Waals surface area (Å²) in [6.45, 7) is -1.79. The molecule has 0 aliphatic carbocycles. The van der Waals surface area contributed by atoms with Gasteiger partial charge in [0.2, 0.25) is 12.6 Å². The van der Waals surface area contributed by atoms with Crippen molar-refractivity contribution in [2.45, 2.75) is 68.0 Å². The van der Waals surface area contributed by atoms with Crippen LogP contribution in [-0.2, 0) is 20.8 Å². The third-order valence-corrected chi connectivity index (χ3v) is 7.02. The number of phenolic OH excluding ortho intramolecular Hbond substituents is 1. The van der Waals surface area contributed by atoms with Crippen LogP contribution in [-0.4, -0.2) is 134 Å². The smallest absolute Gasteiger partial charge is 0.346 e. The highest BCUT2D eigenvalue weighted by Gasteiger charge is 2.46. The Morgan fingerprint density at radius 1 is 0.744 bits per heavy atom. The number of carbonyl (C=O) groups is 1. The number of aliphatic hydroxyl groups is 8. The lowest BCUT2D eigenvalue weighted by atomic mass is 9.99. The van der Waals surface area contributed by atoms with Crippen LogP contribution in [0.3, 0.4) is 0 Å². The second kappa shape index (κ2) is 14.0. The number of hydrogen-bond acceptors (Lipinski definition) is 16. The van der Waals surface area contributed by atoms with Crippen molar-refractivity contribution in [3.8, 4) is 23.0 Å². The Bertz CT molecular complexity index is 1240. The van der Waals surface area contributed by atoms with Gasteiger partial charge in [-0.15, -0.1) is 0 Å². The summed E-state index contributed by atoms with van der Waals surface area (Å²) in [5.41, 5.74) is -0.211. The molecule has 4 rings (SSSR count). The summed E-state index contributed by atoms with van der Waals surface area (Å²) in [4.78, 5) is 13.1. The highest BCUT2D eigenvalue weighted by atomic mass is 16.7. The molecule has 0 spiro atoms. The molecule has 2 aromatic carbocycles. The van der Waals surface area contributed by atoms with E-state index in [0.717, 1.165) is 13.2 Å². The second-order valence-electron chi connectivity index (χ2n) is 9.81. The van der Waals surface area contributed by atoms with Gasteiger partial charge in [-0.2, -0.15) is 0 Å². The number of carbonyl (C=O) groups excluding carboxylic acids is 1. The van der Waals surface area contributed by atoms with Crippen molar-refractivity contribution in [2.24, 2.45) is 0 Å². The SMILES string of the molecule is COc1c(O[C@@H]2O[C@H](CO)[C@H](O)[C@H](O)[C@@H]2O)ccc(O)c1C(=O)OCc1ccccc1O[C@@H]1O[C@H](CO)[C@@H](O)[C@H](O)[C@H]1O. The van der Waals surface area contributed by atoms with Gasteiger partial charge < -0.3 is 74.4 Å². The van der Waals surface area contributed by atoms with E-state index in [2.05, 4.69) is 0 Å². The molecule has 0 saturated carbocycles. The molecule has 0 unspecified atom stereocenters. The van der Waals surface area contributed by atoms with Crippen LogP contribution in [0.1, 0.15) is 15.9 Å². The molecule has 2 aromatic rings. The van der Waals surface area contributed by atoms with Crippen LogP contribution in [0.15, 0.2) is 36.4 Å². The summed E-state index contributed by atoms with van der Waals surface area (Å²) < 4.78 is 32.6. The van der Waals surface area contributed by atoms with Crippen molar-refractivity contribution in [3.63, 3.8) is 0 Å². The van der Waals surface area contributed by atoms with Gasteiger partial charge in [0.15, 0.2) is 11.5 Å². The van der Waals surface area contributed by atoms with Crippen LogP contribution in [0.5, 0.6) is 23.0 Å². The number of phenols is 1. The Morgan fingerprint density at radius 3 is 1.81 bits per heavy atom. The van der Waals surface area contributed by atoms with Gasteiger partial charge in [-0.05, 0) is 18.2 Å². The van der Waals surface area contributed by atoms with Crippen LogP contribution < -0.4 is 14.2 Å². The van der Waals surface area contributed by atoms with Gasteiger partial charge in [-0.1, -0.05) is 18.2 Å². The predicted molar refractivity (Wildman–Crippen MR) is 139 cm³/mol. The molecule has 2 heterocycles. The van der Waals surface area contributed by atoms with Crippen molar-refractivity contribution in [3.05, 3.63) is 47.5 Å². The third-order valence-electron chi connectivity index (χ3n) is 7.02. The lowest BCUT2D eigenvalue weighted by molar-refractivity contribution is -0.277. The monoisotopic (exact) mass is 614 g/mol. The van der Waals surface area contributed by atoms with Crippen molar-refractivity contribution in [2.75, 3.05) is 20.3 Å². The Balaban J connectivity index is 1.50. The van der Waals surface area contributed by atoms with E-state index in [0.29, 0.717) is 0 Å². The zero-order valence-corrected chi connectivity index (χ0v) is 22.7. The fourth-order valence-corrected chi connectivity index (χ4v) is 4.58. The summed E-state index contributed by atoms with van der Waals surface area (Å²) in [6, 6.07) is 8.40. The van der Waals surface area contributed by atoms with E-state index < -0.39 is 98.5 Å². The maximum absolute atomic E-state index is 13.1. The van der Waals surface area contributed by atoms with Gasteiger partial charge in [0.1, 0.15) is 72.5 Å². The third kappa shape index (κ3) is 6.78. The normalized spacial score (nSPS) is 32.6. The van der Waals surface area contributed by atoms with Crippen LogP contribution in [0.25, 0.3) is 0 Å². The van der Waals surface area contributed by atoms with Crippen molar-refractivity contribution in [1.29, 1.82) is 0 Å². The topological polar surface area (TPSA) is 255 Å². The molecule has 0 amide bonds. The van der Waals surface area contributed by atoms with Crippen molar-refractivity contribution in [1.82, 2.24) is 0 Å². The van der Waals surface area contributed by atoms with Gasteiger partial charge in [0, 0.05) is 5.56 Å². The summed E-state index contributed by atoms with van der Waals surface area (Å²) in [7, 11) is 1.16. The van der Waals surface area contributed by atoms with E-state index in [9.17, 15) is 50.8 Å². The summed E-state index contributed by atoms with van der Waals surface area (Å²) in [5.74, 6) is -2.13. The molecule has 0 radical (unpaired) electrons. The highest BCUT2D eigenvalue weighted by molar-refractivity contribution is 5.96. The molecule has 2 fully saturated rings. The largest absolute Gasteiger partial charge is 0.507 e. The number of methoxy groups -OCH3 is 1. The second-order valence-corrected chi connectivity index (χ2v) is 9.81. The summed E-state index contributed by atoms with van der Waals surface area (Å²) in [6.07, 6.45) is -15.6. The van der Waals surface area contributed by atoms with Crippen molar-refractivity contribution < 1.29 is 79.2 Å². The summed E-state index contributed by atoms with van der Waals surface area (Å²) >= 11 is 0. The number of benzene rings is 2. The molecular formula is C27H34O16. The zero-order valence-electron chi connectivity index (χ0n) is 22.7. The zero-order chi connectivity index (χ0) is 31.4. The fraction of sp³-hybridized carbons (Fsp3) is 0.519. The molecule has 2 aliphatic heterocycles. The predicted octanol–water partition coefficient (Wildman–Crippen LogP) is -2.88. The summed E-state index contributed by atoms with van der Waals surface area (Å²) in [5, 5.41) is 90.0. The maximum atomic E-state index is 13.1. The first-order valence-electron chi connectivity index (χ1n) is 13.1. The van der Waals surface area contributed by atoms with E-state index in [-0.39, 0.29) is 22.8 Å². The lowest BCUT2D eigenvalue weighted by Crippen LogP contribution is -2.60. The molecular weight excluding hydrogens is 580 g/mol. The fourth-order valence-electron chi connectivity index (χ4n) is 4.58.